The van der Waals surface area contributed by atoms with E-state index in [1.165, 1.54) is 4.90 Å². The molecular formula is C43H68N4O6S. The number of amides is 3. The Balaban J connectivity index is 1.94. The largest absolute Gasteiger partial charge is 0.460 e. The number of likely N-dealkylation sites (N-methyl/N-ethyl adjacent to an activating group) is 1. The maximum absolute atomic E-state index is 14.0. The fourth-order valence-corrected chi connectivity index (χ4v) is 8.41. The van der Waals surface area contributed by atoms with Crippen molar-refractivity contribution in [2.45, 2.75) is 151 Å². The molecule has 3 amide bonds. The maximum Gasteiger partial charge on any atom is 0.328 e. The number of hydrogen-bond acceptors (Lipinski definition) is 8. The number of hydrogen-bond donors (Lipinski definition) is 2. The Morgan fingerprint density at radius 3 is 2.22 bits per heavy atom. The van der Waals surface area contributed by atoms with E-state index in [2.05, 4.69) is 52.2 Å². The molecule has 2 bridgehead atoms. The first kappa shape index (κ1) is 45.2. The standard InChI is InChI=1S/C43H68N4O6S/c1-13-27(4)37-41(51)47(12)31(8)42(52)53-36(43(9,10)11)21-26(3)20-28(5)29(6)40-45-34(24-54-40)18-19-35(48)23-33(22-32-16-14-25(2)15-17-32)39(50)44-30(7)38(49)46-37/h14-17,26-31,33-34,36-37H,13,18-24H2,1-12H3,(H,44,50)(H,46,49)/t26-,27-,28-,29-,30-,31-,33+,34+,36-,37-/m0/s1. The number of aliphatic imine (C=N–C) groups is 1. The van der Waals surface area contributed by atoms with Crippen LogP contribution in [-0.2, 0) is 35.1 Å². The van der Waals surface area contributed by atoms with Gasteiger partial charge in [0.2, 0.25) is 17.7 Å². The number of carbonyl (C=O) groups excluding carboxylic acids is 5. The van der Waals surface area contributed by atoms with Crippen LogP contribution in [0.5, 0.6) is 0 Å². The number of esters is 1. The van der Waals surface area contributed by atoms with E-state index in [1.807, 2.05) is 45.0 Å². The molecule has 0 radical (unpaired) electrons. The summed E-state index contributed by atoms with van der Waals surface area (Å²) in [6.45, 7) is 21.9. The lowest BCUT2D eigenvalue weighted by molar-refractivity contribution is -0.164. The molecule has 0 aliphatic carbocycles. The third-order valence-corrected chi connectivity index (χ3v) is 12.9. The van der Waals surface area contributed by atoms with E-state index in [0.717, 1.165) is 28.3 Å². The summed E-state index contributed by atoms with van der Waals surface area (Å²) >= 11 is 1.78. The number of nitrogens with one attached hydrogen (secondary N) is 2. The van der Waals surface area contributed by atoms with Gasteiger partial charge < -0.3 is 20.3 Å². The average Bonchev–Trinajstić information content (AvgIpc) is 3.59. The van der Waals surface area contributed by atoms with Gasteiger partial charge >= 0.3 is 5.97 Å². The molecule has 0 aromatic heterocycles. The van der Waals surface area contributed by atoms with Crippen molar-refractivity contribution < 1.29 is 28.7 Å². The quantitative estimate of drug-likeness (QED) is 0.317. The molecule has 3 rings (SSSR count). The Labute approximate surface area is 329 Å². The van der Waals surface area contributed by atoms with Crippen LogP contribution in [0.3, 0.4) is 0 Å². The third kappa shape index (κ3) is 12.9. The highest BCUT2D eigenvalue weighted by molar-refractivity contribution is 8.14. The molecular weight excluding hydrogens is 701 g/mol. The molecule has 1 aromatic carbocycles. The zero-order valence-electron chi connectivity index (χ0n) is 35.0. The molecule has 0 spiro atoms. The fraction of sp³-hybridized carbons (Fsp3) is 0.721. The number of fused-ring (bicyclic) bond motifs is 1. The highest BCUT2D eigenvalue weighted by atomic mass is 32.2. The first-order chi connectivity index (χ1) is 25.2. The fourth-order valence-electron chi connectivity index (χ4n) is 7.09. The maximum atomic E-state index is 14.0. The lowest BCUT2D eigenvalue weighted by Gasteiger charge is -2.36. The van der Waals surface area contributed by atoms with Crippen LogP contribution in [0.15, 0.2) is 29.3 Å². The molecule has 1 aromatic rings. The van der Waals surface area contributed by atoms with Crippen molar-refractivity contribution in [1.29, 1.82) is 0 Å². The summed E-state index contributed by atoms with van der Waals surface area (Å²) in [5, 5.41) is 6.83. The molecule has 2 aliphatic heterocycles. The summed E-state index contributed by atoms with van der Waals surface area (Å²) in [7, 11) is 1.56. The first-order valence-electron chi connectivity index (χ1n) is 20.1. The van der Waals surface area contributed by atoms with E-state index < -0.39 is 41.8 Å². The van der Waals surface area contributed by atoms with E-state index >= 15 is 0 Å². The number of cyclic esters (lactones) is 1. The smallest absolute Gasteiger partial charge is 0.328 e. The molecule has 2 N–H and O–H groups in total. The van der Waals surface area contributed by atoms with Gasteiger partial charge in [-0.25, -0.2) is 4.79 Å². The van der Waals surface area contributed by atoms with Crippen LogP contribution in [0.2, 0.25) is 0 Å². The number of ether oxygens (including phenoxy) is 1. The summed E-state index contributed by atoms with van der Waals surface area (Å²) in [4.78, 5) is 75.0. The highest BCUT2D eigenvalue weighted by Crippen LogP contribution is 2.35. The van der Waals surface area contributed by atoms with E-state index in [9.17, 15) is 24.0 Å². The average molecular weight is 769 g/mol. The second-order valence-electron chi connectivity index (χ2n) is 17.5. The van der Waals surface area contributed by atoms with E-state index in [-0.39, 0.29) is 53.4 Å². The highest BCUT2D eigenvalue weighted by Gasteiger charge is 2.38. The van der Waals surface area contributed by atoms with Crippen molar-refractivity contribution >= 4 is 46.3 Å². The van der Waals surface area contributed by atoms with Gasteiger partial charge in [-0.2, -0.15) is 0 Å². The molecule has 2 aliphatic rings. The van der Waals surface area contributed by atoms with E-state index in [4.69, 9.17) is 9.73 Å². The van der Waals surface area contributed by atoms with Crippen LogP contribution in [0, 0.1) is 41.9 Å². The number of nitrogens with zero attached hydrogens (tertiary/aromatic N) is 2. The predicted octanol–water partition coefficient (Wildman–Crippen LogP) is 6.95. The Kier molecular flexibility index (Phi) is 16.8. The van der Waals surface area contributed by atoms with Crippen molar-refractivity contribution in [2.24, 2.45) is 40.0 Å². The van der Waals surface area contributed by atoms with Crippen molar-refractivity contribution in [3.8, 4) is 0 Å². The van der Waals surface area contributed by atoms with Gasteiger partial charge in [-0.15, -0.1) is 11.8 Å². The Morgan fingerprint density at radius 1 is 0.963 bits per heavy atom. The number of ketones is 1. The second kappa shape index (κ2) is 20.1. The molecule has 10 atom stereocenters. The number of aryl methyl sites for hydroxylation is 1. The molecule has 0 saturated carbocycles. The Bertz CT molecular complexity index is 1490. The molecule has 0 saturated heterocycles. The van der Waals surface area contributed by atoms with Crippen molar-refractivity contribution in [1.82, 2.24) is 15.5 Å². The zero-order valence-corrected chi connectivity index (χ0v) is 35.8. The molecule has 0 fully saturated rings. The van der Waals surface area contributed by atoms with Gasteiger partial charge in [0.15, 0.2) is 0 Å². The summed E-state index contributed by atoms with van der Waals surface area (Å²) < 4.78 is 6.19. The lowest BCUT2D eigenvalue weighted by atomic mass is 9.80. The summed E-state index contributed by atoms with van der Waals surface area (Å²) in [5.74, 6) is -1.04. The lowest BCUT2D eigenvalue weighted by Crippen LogP contribution is -2.57. The van der Waals surface area contributed by atoms with Crippen molar-refractivity contribution in [2.75, 3.05) is 12.8 Å². The van der Waals surface area contributed by atoms with Gasteiger partial charge in [0.25, 0.3) is 0 Å². The van der Waals surface area contributed by atoms with Crippen molar-refractivity contribution in [3.05, 3.63) is 35.4 Å². The monoisotopic (exact) mass is 768 g/mol. The number of carbonyl (C=O) groups is 5. The number of benzene rings is 1. The van der Waals surface area contributed by atoms with Crippen molar-refractivity contribution in [3.63, 3.8) is 0 Å². The Morgan fingerprint density at radius 2 is 1.61 bits per heavy atom. The third-order valence-electron chi connectivity index (χ3n) is 11.6. The van der Waals surface area contributed by atoms with Gasteiger partial charge in [0, 0.05) is 37.5 Å². The molecule has 11 heteroatoms. The Hall–Kier alpha value is -3.21. The van der Waals surface area contributed by atoms with Crippen LogP contribution in [0.1, 0.15) is 119 Å². The topological polar surface area (TPSA) is 134 Å². The van der Waals surface area contributed by atoms with Gasteiger partial charge in [-0.1, -0.05) is 91.6 Å². The number of thioether (sulfide) groups is 1. The molecule has 0 unspecified atom stereocenters. The number of Topliss-reactive ketones (excluding diaryl/α,β-unsaturated/α-hetero) is 1. The van der Waals surface area contributed by atoms with Crippen LogP contribution < -0.4 is 10.6 Å². The molecule has 10 nitrogen and oxygen atoms in total. The SMILES string of the molecule is CC[C@H](C)[C@@H]1NC(=O)[C@H](C)NC(=O)[C@H](Cc2ccc(C)cc2)CC(=O)CC[C@@H]2CSC(=N2)[C@@H](C)[C@@H](C)C[C@H](C)C[C@@H](C(C)(C)C)OC(=O)[C@H](C)N(C)C1=O. The summed E-state index contributed by atoms with van der Waals surface area (Å²) in [5.41, 5.74) is 1.70. The summed E-state index contributed by atoms with van der Waals surface area (Å²) in [6.07, 6.45) is 3.20. The first-order valence-corrected chi connectivity index (χ1v) is 21.1. The van der Waals surface area contributed by atoms with Gasteiger partial charge in [-0.05, 0) is 75.2 Å². The zero-order chi connectivity index (χ0) is 40.5. The minimum Gasteiger partial charge on any atom is -0.460 e. The van der Waals surface area contributed by atoms with E-state index in [0.29, 0.717) is 38.0 Å². The van der Waals surface area contributed by atoms with Crippen LogP contribution in [0.25, 0.3) is 0 Å². The predicted molar refractivity (Wildman–Crippen MR) is 218 cm³/mol. The molecule has 54 heavy (non-hydrogen) atoms. The molecule has 302 valence electrons. The van der Waals surface area contributed by atoms with Gasteiger partial charge in [-0.3, -0.25) is 24.2 Å². The van der Waals surface area contributed by atoms with Crippen LogP contribution in [0.4, 0.5) is 0 Å². The minimum absolute atomic E-state index is 0.00136. The summed E-state index contributed by atoms with van der Waals surface area (Å²) in [6, 6.07) is 5.14. The van der Waals surface area contributed by atoms with E-state index in [1.54, 1.807) is 32.7 Å². The van der Waals surface area contributed by atoms with Crippen LogP contribution >= 0.6 is 11.8 Å². The second-order valence-corrected chi connectivity index (χ2v) is 18.5. The number of rotatable bonds is 4. The van der Waals surface area contributed by atoms with Crippen LogP contribution in [-0.4, -0.2) is 82.5 Å². The van der Waals surface area contributed by atoms with Gasteiger partial charge in [0.05, 0.1) is 11.1 Å². The molecule has 2 heterocycles. The van der Waals surface area contributed by atoms with Gasteiger partial charge in [0.1, 0.15) is 30.0 Å². The minimum atomic E-state index is -0.975. The normalized spacial score (nSPS) is 31.4.